The average Bonchev–Trinajstić information content (AvgIpc) is 2.92. The quantitative estimate of drug-likeness (QED) is 0.710. The Morgan fingerprint density at radius 3 is 2.38 bits per heavy atom. The van der Waals surface area contributed by atoms with Crippen molar-refractivity contribution in [2.24, 2.45) is 0 Å². The van der Waals surface area contributed by atoms with Gasteiger partial charge in [0.1, 0.15) is 11.5 Å². The van der Waals surface area contributed by atoms with Crippen LogP contribution in [0.25, 0.3) is 0 Å². The number of benzene rings is 1. The summed E-state index contributed by atoms with van der Waals surface area (Å²) in [4.78, 5) is 23.6. The Bertz CT molecular complexity index is 602. The minimum atomic E-state index is -2.90. The van der Waals surface area contributed by atoms with Gasteiger partial charge < -0.3 is 20.1 Å². The Kier molecular flexibility index (Phi) is 5.55. The molecule has 9 heteroatoms. The van der Waals surface area contributed by atoms with Crippen molar-refractivity contribution in [2.75, 3.05) is 32.6 Å². The van der Waals surface area contributed by atoms with Gasteiger partial charge in [0.05, 0.1) is 33.4 Å². The van der Waals surface area contributed by atoms with Crippen molar-refractivity contribution in [1.29, 1.82) is 0 Å². The molecule has 1 fully saturated rings. The first-order valence-electron chi connectivity index (χ1n) is 7.25. The van der Waals surface area contributed by atoms with Crippen LogP contribution in [0.15, 0.2) is 18.2 Å². The number of ether oxygens (including phenoxy) is 2. The highest BCUT2D eigenvalue weighted by Gasteiger charge is 2.42. The summed E-state index contributed by atoms with van der Waals surface area (Å²) in [6, 6.07) is 3.82. The highest BCUT2D eigenvalue weighted by molar-refractivity contribution is 5.95. The van der Waals surface area contributed by atoms with Crippen LogP contribution in [0.4, 0.5) is 14.5 Å². The summed E-state index contributed by atoms with van der Waals surface area (Å²) in [7, 11) is 2.95. The normalized spacial score (nSPS) is 18.8. The topological polar surface area (TPSA) is 88.7 Å². The molecule has 1 unspecified atom stereocenters. The van der Waals surface area contributed by atoms with Crippen LogP contribution in [0.3, 0.4) is 0 Å². The molecule has 1 aliphatic rings. The summed E-state index contributed by atoms with van der Waals surface area (Å²) in [6.45, 7) is -0.872. The number of hydrogen-bond donors (Lipinski definition) is 3. The van der Waals surface area contributed by atoms with Crippen LogP contribution in [0, 0.1) is 0 Å². The fourth-order valence-electron chi connectivity index (χ4n) is 2.28. The Balaban J connectivity index is 1.86. The lowest BCUT2D eigenvalue weighted by Gasteiger charge is -2.12. The van der Waals surface area contributed by atoms with Gasteiger partial charge in [0.25, 0.3) is 5.92 Å². The van der Waals surface area contributed by atoms with Crippen molar-refractivity contribution in [3.05, 3.63) is 18.2 Å². The second-order valence-electron chi connectivity index (χ2n) is 5.36. The van der Waals surface area contributed by atoms with E-state index in [9.17, 15) is 18.4 Å². The molecular weight excluding hydrogens is 324 g/mol. The maximum atomic E-state index is 13.0. The molecule has 0 bridgehead atoms. The van der Waals surface area contributed by atoms with Gasteiger partial charge in [-0.25, -0.2) is 8.78 Å². The number of anilines is 1. The van der Waals surface area contributed by atoms with E-state index >= 15 is 0 Å². The van der Waals surface area contributed by atoms with Crippen LogP contribution in [-0.2, 0) is 9.59 Å². The molecule has 1 saturated heterocycles. The molecule has 1 heterocycles. The number of methoxy groups -OCH3 is 2. The zero-order valence-electron chi connectivity index (χ0n) is 13.3. The number of carbonyl (C=O) groups is 2. The summed E-state index contributed by atoms with van der Waals surface area (Å²) >= 11 is 0. The number of amides is 2. The molecular formula is C15H19F2N3O4. The van der Waals surface area contributed by atoms with Gasteiger partial charge >= 0.3 is 0 Å². The molecule has 7 nitrogen and oxygen atoms in total. The third-order valence-electron chi connectivity index (χ3n) is 3.48. The molecule has 1 aliphatic heterocycles. The minimum absolute atomic E-state index is 0.331. The maximum absolute atomic E-state index is 13.0. The average molecular weight is 343 g/mol. The van der Waals surface area contributed by atoms with E-state index in [4.69, 9.17) is 9.47 Å². The summed E-state index contributed by atoms with van der Waals surface area (Å²) in [5.74, 6) is -3.05. The molecule has 1 aromatic rings. The second kappa shape index (κ2) is 7.43. The monoisotopic (exact) mass is 343 g/mol. The lowest BCUT2D eigenvalue weighted by molar-refractivity contribution is -0.125. The fraction of sp³-hybridized carbons (Fsp3) is 0.467. The van der Waals surface area contributed by atoms with Crippen LogP contribution in [-0.4, -0.2) is 51.1 Å². The summed E-state index contributed by atoms with van der Waals surface area (Å²) in [5, 5.41) is 7.33. The Morgan fingerprint density at radius 1 is 1.25 bits per heavy atom. The predicted molar refractivity (Wildman–Crippen MR) is 82.5 cm³/mol. The van der Waals surface area contributed by atoms with Gasteiger partial charge in [-0.15, -0.1) is 0 Å². The van der Waals surface area contributed by atoms with Crippen LogP contribution >= 0.6 is 0 Å². The summed E-state index contributed by atoms with van der Waals surface area (Å²) in [6.07, 6.45) is -0.576. The molecule has 0 radical (unpaired) electrons. The number of carbonyl (C=O) groups excluding carboxylic acids is 2. The fourth-order valence-corrected chi connectivity index (χ4v) is 2.28. The summed E-state index contributed by atoms with van der Waals surface area (Å²) < 4.78 is 36.2. The van der Waals surface area contributed by atoms with E-state index in [0.29, 0.717) is 17.2 Å². The minimum Gasteiger partial charge on any atom is -0.497 e. The predicted octanol–water partition coefficient (Wildman–Crippen LogP) is 0.756. The van der Waals surface area contributed by atoms with E-state index in [1.807, 2.05) is 0 Å². The van der Waals surface area contributed by atoms with Crippen LogP contribution in [0.1, 0.15) is 6.42 Å². The highest BCUT2D eigenvalue weighted by atomic mass is 19.3. The molecule has 0 aromatic heterocycles. The molecule has 0 aliphatic carbocycles. The van der Waals surface area contributed by atoms with Gasteiger partial charge in [-0.2, -0.15) is 0 Å². The zero-order valence-corrected chi connectivity index (χ0v) is 13.3. The maximum Gasteiger partial charge on any atom is 0.262 e. The van der Waals surface area contributed by atoms with Crippen molar-refractivity contribution in [2.45, 2.75) is 18.4 Å². The number of rotatable bonds is 6. The van der Waals surface area contributed by atoms with Crippen molar-refractivity contribution < 1.29 is 27.8 Å². The van der Waals surface area contributed by atoms with Crippen molar-refractivity contribution >= 4 is 17.5 Å². The SMILES string of the molecule is COc1cc(NC(=O)CNC(=O)C2CC(F)(F)CN2)cc(OC)c1. The van der Waals surface area contributed by atoms with E-state index in [1.165, 1.54) is 14.2 Å². The first kappa shape index (κ1) is 17.9. The van der Waals surface area contributed by atoms with Crippen molar-refractivity contribution in [3.8, 4) is 11.5 Å². The Labute approximate surface area is 137 Å². The van der Waals surface area contributed by atoms with Crippen LogP contribution in [0.5, 0.6) is 11.5 Å². The van der Waals surface area contributed by atoms with Crippen molar-refractivity contribution in [1.82, 2.24) is 10.6 Å². The number of hydrogen-bond acceptors (Lipinski definition) is 5. The molecule has 2 rings (SSSR count). The molecule has 0 saturated carbocycles. The first-order valence-corrected chi connectivity index (χ1v) is 7.25. The van der Waals surface area contributed by atoms with Gasteiger partial charge in [0, 0.05) is 30.3 Å². The van der Waals surface area contributed by atoms with Crippen LogP contribution in [0.2, 0.25) is 0 Å². The largest absolute Gasteiger partial charge is 0.497 e. The highest BCUT2D eigenvalue weighted by Crippen LogP contribution is 2.26. The molecule has 2 amide bonds. The zero-order chi connectivity index (χ0) is 17.7. The number of alkyl halides is 2. The third-order valence-corrected chi connectivity index (χ3v) is 3.48. The molecule has 24 heavy (non-hydrogen) atoms. The number of nitrogens with one attached hydrogen (secondary N) is 3. The molecule has 3 N–H and O–H groups in total. The molecule has 132 valence electrons. The Morgan fingerprint density at radius 2 is 1.88 bits per heavy atom. The second-order valence-corrected chi connectivity index (χ2v) is 5.36. The molecule has 1 aromatic carbocycles. The smallest absolute Gasteiger partial charge is 0.262 e. The number of halogens is 2. The summed E-state index contributed by atoms with van der Waals surface area (Å²) in [5.41, 5.74) is 0.427. The van der Waals surface area contributed by atoms with Crippen LogP contribution < -0.4 is 25.4 Å². The van der Waals surface area contributed by atoms with Gasteiger partial charge in [-0.05, 0) is 0 Å². The van der Waals surface area contributed by atoms with E-state index < -0.39 is 36.7 Å². The standard InChI is InChI=1S/C15H19F2N3O4/c1-23-10-3-9(4-11(5-10)24-2)20-13(21)7-18-14(22)12-6-15(16,17)8-19-12/h3-5,12,19H,6-8H2,1-2H3,(H,18,22)(H,20,21). The lowest BCUT2D eigenvalue weighted by Crippen LogP contribution is -2.43. The van der Waals surface area contributed by atoms with E-state index in [1.54, 1.807) is 18.2 Å². The van der Waals surface area contributed by atoms with E-state index in [2.05, 4.69) is 16.0 Å². The van der Waals surface area contributed by atoms with Gasteiger partial charge in [-0.3, -0.25) is 14.9 Å². The van der Waals surface area contributed by atoms with Gasteiger partial charge in [0.15, 0.2) is 0 Å². The molecule has 1 atom stereocenters. The van der Waals surface area contributed by atoms with Gasteiger partial charge in [0.2, 0.25) is 11.8 Å². The van der Waals surface area contributed by atoms with E-state index in [-0.39, 0.29) is 6.54 Å². The first-order chi connectivity index (χ1) is 11.3. The lowest BCUT2D eigenvalue weighted by atomic mass is 10.2. The third kappa shape index (κ3) is 4.79. The molecule has 0 spiro atoms. The van der Waals surface area contributed by atoms with Gasteiger partial charge in [-0.1, -0.05) is 0 Å². The van der Waals surface area contributed by atoms with Crippen molar-refractivity contribution in [3.63, 3.8) is 0 Å². The van der Waals surface area contributed by atoms with E-state index in [0.717, 1.165) is 0 Å². The Hall–Kier alpha value is -2.42.